The highest BCUT2D eigenvalue weighted by atomic mass is 14.6. The maximum absolute atomic E-state index is 3.78. The molecule has 1 heteroatoms. The zero-order valence-electron chi connectivity index (χ0n) is 18.8. The number of pyridine rings is 1. The molecule has 0 N–H and O–H groups in total. The minimum Gasteiger partial charge on any atom is -0.265 e. The summed E-state index contributed by atoms with van der Waals surface area (Å²) in [5, 5.41) is 0. The first-order valence-electron chi connectivity index (χ1n) is 9.85. The Bertz CT molecular complexity index is 181. The molecule has 2 rings (SSSR count). The van der Waals surface area contributed by atoms with Gasteiger partial charge in [0, 0.05) is 12.4 Å². The van der Waals surface area contributed by atoms with E-state index in [1.54, 1.807) is 12.4 Å². The average molecular weight is 338 g/mol. The Balaban J connectivity index is -0.0000000423. The average Bonchev–Trinajstić information content (AvgIpc) is 2.79. The molecule has 0 aliphatic carbocycles. The summed E-state index contributed by atoms with van der Waals surface area (Å²) in [6.45, 7) is 24.0. The van der Waals surface area contributed by atoms with Crippen LogP contribution in [-0.2, 0) is 0 Å². The summed E-state index contributed by atoms with van der Waals surface area (Å²) in [6.07, 6.45) is 3.50. The molecule has 0 unspecified atom stereocenters. The Morgan fingerprint density at radius 1 is 0.292 bits per heavy atom. The number of nitrogens with zero attached hydrogens (tertiary/aromatic N) is 1. The van der Waals surface area contributed by atoms with Crippen molar-refractivity contribution in [3.8, 4) is 0 Å². The van der Waals surface area contributed by atoms with Crippen molar-refractivity contribution in [1.82, 2.24) is 4.98 Å². The number of rotatable bonds is 0. The van der Waals surface area contributed by atoms with Crippen molar-refractivity contribution in [3.63, 3.8) is 0 Å². The second-order valence-electron chi connectivity index (χ2n) is 2.18. The second-order valence-corrected chi connectivity index (χ2v) is 2.18. The number of hydrogen-bond acceptors (Lipinski definition) is 1. The van der Waals surface area contributed by atoms with Gasteiger partial charge in [-0.05, 0) is 12.1 Å². The molecule has 2 aromatic rings. The van der Waals surface area contributed by atoms with E-state index in [1.165, 1.54) is 0 Å². The first kappa shape index (κ1) is 38.1. The normalized spacial score (nSPS) is 5.50. The molecule has 24 heavy (non-hydrogen) atoms. The first-order valence-corrected chi connectivity index (χ1v) is 9.85. The Morgan fingerprint density at radius 2 is 0.458 bits per heavy atom. The molecule has 1 heterocycles. The summed E-state index contributed by atoms with van der Waals surface area (Å²) in [4.78, 5) is 3.78. The van der Waals surface area contributed by atoms with Gasteiger partial charge >= 0.3 is 0 Å². The fourth-order valence-electron chi connectivity index (χ4n) is 0.698. The van der Waals surface area contributed by atoms with Crippen molar-refractivity contribution >= 4 is 0 Å². The van der Waals surface area contributed by atoms with Gasteiger partial charge in [0.05, 0.1) is 0 Å². The molecule has 0 spiro atoms. The van der Waals surface area contributed by atoms with Crippen molar-refractivity contribution in [3.05, 3.63) is 67.0 Å². The molecule has 0 atom stereocenters. The summed E-state index contributed by atoms with van der Waals surface area (Å²) in [6, 6.07) is 17.7. The fourth-order valence-corrected chi connectivity index (χ4v) is 0.698. The van der Waals surface area contributed by atoms with E-state index in [0.29, 0.717) is 0 Å². The SMILES string of the molecule is CC.CC.CC.CC.CC.CC.c1ccccc1.c1ccncc1. The summed E-state index contributed by atoms with van der Waals surface area (Å²) in [5.41, 5.74) is 0. The van der Waals surface area contributed by atoms with Crippen LogP contribution >= 0.6 is 0 Å². The lowest BCUT2D eigenvalue weighted by atomic mass is 10.4. The molecule has 0 aliphatic rings. The van der Waals surface area contributed by atoms with Gasteiger partial charge in [-0.25, -0.2) is 0 Å². The monoisotopic (exact) mass is 337 g/mol. The quantitative estimate of drug-likeness (QED) is 0.467. The minimum absolute atomic E-state index is 1.75. The number of aromatic nitrogens is 1. The lowest BCUT2D eigenvalue weighted by molar-refractivity contribution is 1.33. The van der Waals surface area contributed by atoms with Crippen LogP contribution in [0.1, 0.15) is 83.1 Å². The highest BCUT2D eigenvalue weighted by molar-refractivity contribution is 4.99. The third-order valence-corrected chi connectivity index (χ3v) is 1.23. The van der Waals surface area contributed by atoms with E-state index in [9.17, 15) is 0 Å². The van der Waals surface area contributed by atoms with E-state index in [0.717, 1.165) is 0 Å². The smallest absolute Gasteiger partial charge is 0.0267 e. The molecule has 0 saturated carbocycles. The largest absolute Gasteiger partial charge is 0.265 e. The van der Waals surface area contributed by atoms with Crippen LogP contribution in [0.2, 0.25) is 0 Å². The number of benzene rings is 1. The first-order chi connectivity index (χ1) is 12.0. The molecule has 1 nitrogen and oxygen atoms in total. The standard InChI is InChI=1S/C6H6.C5H5N.6C2H6/c2*1-2-4-6-5-3-1;6*1-2/h1-6H;1-5H;6*1-2H3. The maximum atomic E-state index is 3.78. The van der Waals surface area contributed by atoms with Crippen LogP contribution < -0.4 is 0 Å². The van der Waals surface area contributed by atoms with Crippen LogP contribution in [0.4, 0.5) is 0 Å². The fraction of sp³-hybridized carbons (Fsp3) is 0.522. The topological polar surface area (TPSA) is 12.9 Å². The molecule has 0 amide bonds. The maximum Gasteiger partial charge on any atom is 0.0267 e. The van der Waals surface area contributed by atoms with Crippen LogP contribution in [0.3, 0.4) is 0 Å². The van der Waals surface area contributed by atoms with E-state index in [1.807, 2.05) is 138 Å². The second kappa shape index (κ2) is 82.5. The molecule has 1 aromatic carbocycles. The van der Waals surface area contributed by atoms with E-state index in [-0.39, 0.29) is 0 Å². The van der Waals surface area contributed by atoms with E-state index < -0.39 is 0 Å². The lowest BCUT2D eigenvalue weighted by Gasteiger charge is -1.70. The highest BCUT2D eigenvalue weighted by Crippen LogP contribution is 1.79. The highest BCUT2D eigenvalue weighted by Gasteiger charge is 1.58. The Kier molecular flexibility index (Phi) is 131. The molecule has 144 valence electrons. The molecule has 0 radical (unpaired) electrons. The molecular weight excluding hydrogens is 290 g/mol. The van der Waals surface area contributed by atoms with Crippen LogP contribution in [0.15, 0.2) is 67.0 Å². The molecule has 1 aromatic heterocycles. The van der Waals surface area contributed by atoms with Crippen molar-refractivity contribution < 1.29 is 0 Å². The molecule has 0 saturated heterocycles. The molecule has 0 aliphatic heterocycles. The van der Waals surface area contributed by atoms with Crippen molar-refractivity contribution in [1.29, 1.82) is 0 Å². The Labute approximate surface area is 155 Å². The van der Waals surface area contributed by atoms with Crippen LogP contribution in [0, 0.1) is 0 Å². The minimum atomic E-state index is 1.75. The molecule has 0 fully saturated rings. The third-order valence-electron chi connectivity index (χ3n) is 1.23. The van der Waals surface area contributed by atoms with Gasteiger partial charge < -0.3 is 0 Å². The van der Waals surface area contributed by atoms with E-state index in [2.05, 4.69) is 4.98 Å². The van der Waals surface area contributed by atoms with Gasteiger partial charge in [0.1, 0.15) is 0 Å². The third kappa shape index (κ3) is 71.1. The van der Waals surface area contributed by atoms with Crippen molar-refractivity contribution in [2.75, 3.05) is 0 Å². The van der Waals surface area contributed by atoms with Crippen molar-refractivity contribution in [2.45, 2.75) is 83.1 Å². The van der Waals surface area contributed by atoms with Gasteiger partial charge in [-0.15, -0.1) is 0 Å². The Hall–Kier alpha value is -1.63. The predicted octanol–water partition coefficient (Wildman–Crippen LogP) is 8.93. The lowest BCUT2D eigenvalue weighted by Crippen LogP contribution is -1.58. The van der Waals surface area contributed by atoms with Gasteiger partial charge in [-0.2, -0.15) is 0 Å². The van der Waals surface area contributed by atoms with Crippen LogP contribution in [0.5, 0.6) is 0 Å². The van der Waals surface area contributed by atoms with Gasteiger partial charge in [-0.3, -0.25) is 4.98 Å². The summed E-state index contributed by atoms with van der Waals surface area (Å²) in [5.74, 6) is 0. The van der Waals surface area contributed by atoms with Crippen LogP contribution in [-0.4, -0.2) is 4.98 Å². The molecular formula is C23H47N. The van der Waals surface area contributed by atoms with Crippen molar-refractivity contribution in [2.24, 2.45) is 0 Å². The van der Waals surface area contributed by atoms with E-state index in [4.69, 9.17) is 0 Å². The summed E-state index contributed by atoms with van der Waals surface area (Å²) in [7, 11) is 0. The Morgan fingerprint density at radius 3 is 0.542 bits per heavy atom. The molecule has 0 bridgehead atoms. The summed E-state index contributed by atoms with van der Waals surface area (Å²) >= 11 is 0. The van der Waals surface area contributed by atoms with E-state index >= 15 is 0 Å². The predicted molar refractivity (Wildman–Crippen MR) is 119 cm³/mol. The van der Waals surface area contributed by atoms with Crippen LogP contribution in [0.25, 0.3) is 0 Å². The zero-order valence-corrected chi connectivity index (χ0v) is 18.8. The summed E-state index contributed by atoms with van der Waals surface area (Å²) < 4.78 is 0. The van der Waals surface area contributed by atoms with Gasteiger partial charge in [-0.1, -0.05) is 126 Å². The van der Waals surface area contributed by atoms with Gasteiger partial charge in [0.15, 0.2) is 0 Å². The van der Waals surface area contributed by atoms with Gasteiger partial charge in [0.2, 0.25) is 0 Å². The zero-order chi connectivity index (χ0) is 20.5. The van der Waals surface area contributed by atoms with Gasteiger partial charge in [0.25, 0.3) is 0 Å². The number of hydrogen-bond donors (Lipinski definition) is 0.